The Hall–Kier alpha value is -2.36. The molecule has 0 bridgehead atoms. The molecule has 0 saturated carbocycles. The van der Waals surface area contributed by atoms with Gasteiger partial charge in [0.25, 0.3) is 5.91 Å². The largest absolute Gasteiger partial charge is 0.550 e. The quantitative estimate of drug-likeness (QED) is 0.842. The maximum absolute atomic E-state index is 11.8. The number of rotatable bonds is 2. The fourth-order valence-electron chi connectivity index (χ4n) is 2.50. The molecular weight excluding hydrogens is 230 g/mol. The summed E-state index contributed by atoms with van der Waals surface area (Å²) in [4.78, 5) is 22.5. The maximum atomic E-state index is 11.8. The van der Waals surface area contributed by atoms with E-state index in [1.807, 2.05) is 30.3 Å². The predicted octanol–water partition coefficient (Wildman–Crippen LogP) is 0.764. The van der Waals surface area contributed by atoms with Crippen molar-refractivity contribution in [1.29, 1.82) is 0 Å². The summed E-state index contributed by atoms with van der Waals surface area (Å²) in [5, 5.41) is 15.3. The summed E-state index contributed by atoms with van der Waals surface area (Å²) in [7, 11) is 0. The smallest absolute Gasteiger partial charge is 0.252 e. The van der Waals surface area contributed by atoms with E-state index in [-0.39, 0.29) is 12.3 Å². The number of fused-ring (bicyclic) bond motifs is 3. The van der Waals surface area contributed by atoms with Gasteiger partial charge in [-0.25, -0.2) is 0 Å². The lowest BCUT2D eigenvalue weighted by Gasteiger charge is -2.14. The van der Waals surface area contributed by atoms with Crippen LogP contribution in [0, 0.1) is 0 Å². The molecule has 2 aromatic carbocycles. The lowest BCUT2D eigenvalue weighted by atomic mass is 9.95. The van der Waals surface area contributed by atoms with Crippen LogP contribution in [0.3, 0.4) is 0 Å². The van der Waals surface area contributed by atoms with Gasteiger partial charge in [-0.2, -0.15) is 0 Å². The molecule has 0 radical (unpaired) electrons. The highest BCUT2D eigenvalue weighted by Crippen LogP contribution is 2.34. The number of nitrogens with one attached hydrogen (secondary N) is 1. The first-order valence-corrected chi connectivity index (χ1v) is 5.69. The second-order valence-electron chi connectivity index (χ2n) is 4.35. The lowest BCUT2D eigenvalue weighted by Crippen LogP contribution is -2.29. The Bertz CT molecular complexity index is 661. The molecule has 1 N–H and O–H groups in total. The molecule has 0 aromatic heterocycles. The van der Waals surface area contributed by atoms with Crippen LogP contribution in [-0.4, -0.2) is 11.9 Å². The average Bonchev–Trinajstić information content (AvgIpc) is 2.66. The van der Waals surface area contributed by atoms with Gasteiger partial charge in [0.1, 0.15) is 0 Å². The van der Waals surface area contributed by atoms with E-state index in [0.717, 1.165) is 16.3 Å². The first-order chi connectivity index (χ1) is 8.66. The first-order valence-electron chi connectivity index (χ1n) is 5.69. The van der Waals surface area contributed by atoms with Gasteiger partial charge in [0.05, 0.1) is 6.04 Å². The fraction of sp³-hybridized carbons (Fsp3) is 0.143. The average molecular weight is 240 g/mol. The van der Waals surface area contributed by atoms with Crippen LogP contribution in [0.4, 0.5) is 0 Å². The Kier molecular flexibility index (Phi) is 2.30. The van der Waals surface area contributed by atoms with Gasteiger partial charge in [-0.3, -0.25) is 4.79 Å². The highest BCUT2D eigenvalue weighted by Gasteiger charge is 2.29. The van der Waals surface area contributed by atoms with Crippen molar-refractivity contribution in [3.63, 3.8) is 0 Å². The Morgan fingerprint density at radius 3 is 2.78 bits per heavy atom. The molecule has 0 spiro atoms. The number of carbonyl (C=O) groups is 2. The van der Waals surface area contributed by atoms with E-state index in [9.17, 15) is 14.7 Å². The Morgan fingerprint density at radius 2 is 2.00 bits per heavy atom. The summed E-state index contributed by atoms with van der Waals surface area (Å²) in [5.74, 6) is -1.39. The summed E-state index contributed by atoms with van der Waals surface area (Å²) in [6.07, 6.45) is -0.202. The van der Waals surface area contributed by atoms with Crippen LogP contribution in [0.15, 0.2) is 36.4 Å². The molecule has 0 fully saturated rings. The van der Waals surface area contributed by atoms with Gasteiger partial charge >= 0.3 is 0 Å². The van der Waals surface area contributed by atoms with Crippen LogP contribution < -0.4 is 10.4 Å². The topological polar surface area (TPSA) is 69.2 Å². The number of hydrogen-bond acceptors (Lipinski definition) is 3. The Morgan fingerprint density at radius 1 is 1.22 bits per heavy atom. The fourth-order valence-corrected chi connectivity index (χ4v) is 2.50. The van der Waals surface area contributed by atoms with Crippen molar-refractivity contribution < 1.29 is 14.7 Å². The van der Waals surface area contributed by atoms with E-state index in [2.05, 4.69) is 5.32 Å². The monoisotopic (exact) mass is 240 g/mol. The Balaban J connectivity index is 2.23. The molecule has 1 amide bonds. The maximum Gasteiger partial charge on any atom is 0.252 e. The van der Waals surface area contributed by atoms with E-state index in [4.69, 9.17) is 0 Å². The number of hydrogen-bond donors (Lipinski definition) is 1. The molecule has 2 aromatic rings. The van der Waals surface area contributed by atoms with Gasteiger partial charge < -0.3 is 15.2 Å². The molecule has 1 heterocycles. The molecular formula is C14H10NO3-. The molecule has 0 unspecified atom stereocenters. The van der Waals surface area contributed by atoms with Crippen LogP contribution in [0.1, 0.15) is 28.4 Å². The van der Waals surface area contributed by atoms with Crippen molar-refractivity contribution in [3.05, 3.63) is 47.5 Å². The van der Waals surface area contributed by atoms with Crippen molar-refractivity contribution in [2.24, 2.45) is 0 Å². The minimum atomic E-state index is -1.17. The summed E-state index contributed by atoms with van der Waals surface area (Å²) in [6.45, 7) is 0. The van der Waals surface area contributed by atoms with Crippen LogP contribution in [0.2, 0.25) is 0 Å². The van der Waals surface area contributed by atoms with Crippen molar-refractivity contribution in [3.8, 4) is 0 Å². The normalized spacial score (nSPS) is 17.6. The number of amides is 1. The van der Waals surface area contributed by atoms with Crippen LogP contribution in [0.5, 0.6) is 0 Å². The van der Waals surface area contributed by atoms with Crippen LogP contribution >= 0.6 is 0 Å². The van der Waals surface area contributed by atoms with Crippen molar-refractivity contribution in [2.75, 3.05) is 0 Å². The summed E-state index contributed by atoms with van der Waals surface area (Å²) < 4.78 is 0. The number of aliphatic carboxylic acids is 1. The molecule has 4 heteroatoms. The van der Waals surface area contributed by atoms with Gasteiger partial charge in [0.15, 0.2) is 0 Å². The van der Waals surface area contributed by atoms with Crippen molar-refractivity contribution in [1.82, 2.24) is 5.32 Å². The molecule has 90 valence electrons. The lowest BCUT2D eigenvalue weighted by molar-refractivity contribution is -0.306. The van der Waals surface area contributed by atoms with E-state index < -0.39 is 12.0 Å². The van der Waals surface area contributed by atoms with E-state index in [1.54, 1.807) is 6.07 Å². The zero-order valence-electron chi connectivity index (χ0n) is 9.47. The molecule has 0 aliphatic carbocycles. The van der Waals surface area contributed by atoms with Crippen LogP contribution in [-0.2, 0) is 4.79 Å². The van der Waals surface area contributed by atoms with Gasteiger partial charge in [0.2, 0.25) is 0 Å². The number of carbonyl (C=O) groups excluding carboxylic acids is 2. The third-order valence-electron chi connectivity index (χ3n) is 3.24. The van der Waals surface area contributed by atoms with E-state index in [0.29, 0.717) is 5.56 Å². The summed E-state index contributed by atoms with van der Waals surface area (Å²) in [5.41, 5.74) is 1.32. The molecule has 1 atom stereocenters. The van der Waals surface area contributed by atoms with Crippen molar-refractivity contribution >= 4 is 22.6 Å². The SMILES string of the molecule is O=C([O-])C[C@H]1NC(=O)c2ccc3ccccc3c21. The minimum absolute atomic E-state index is 0.202. The van der Waals surface area contributed by atoms with Gasteiger partial charge in [-0.15, -0.1) is 0 Å². The van der Waals surface area contributed by atoms with Gasteiger partial charge in [-0.1, -0.05) is 30.3 Å². The van der Waals surface area contributed by atoms with Crippen LogP contribution in [0.25, 0.3) is 10.8 Å². The minimum Gasteiger partial charge on any atom is -0.550 e. The number of benzene rings is 2. The number of carboxylic acids is 1. The van der Waals surface area contributed by atoms with Gasteiger partial charge in [0, 0.05) is 18.0 Å². The molecule has 0 saturated heterocycles. The van der Waals surface area contributed by atoms with Crippen molar-refractivity contribution in [2.45, 2.75) is 12.5 Å². The first kappa shape index (κ1) is 10.8. The van der Waals surface area contributed by atoms with E-state index in [1.165, 1.54) is 0 Å². The Labute approximate surface area is 103 Å². The molecule has 3 rings (SSSR count). The standard InChI is InChI=1S/C14H11NO3/c16-12(17)7-11-13-9-4-2-1-3-8(9)5-6-10(13)14(18)15-11/h1-6,11H,7H2,(H,15,18)(H,16,17)/p-1/t11-/m1/s1. The van der Waals surface area contributed by atoms with Gasteiger partial charge in [-0.05, 0) is 22.4 Å². The summed E-state index contributed by atoms with van der Waals surface area (Å²) in [6, 6.07) is 10.7. The molecule has 1 aliphatic heterocycles. The highest BCUT2D eigenvalue weighted by atomic mass is 16.4. The third kappa shape index (κ3) is 1.54. The second-order valence-corrected chi connectivity index (χ2v) is 4.35. The summed E-state index contributed by atoms with van der Waals surface area (Å²) >= 11 is 0. The molecule has 1 aliphatic rings. The van der Waals surface area contributed by atoms with E-state index >= 15 is 0 Å². The second kappa shape index (κ2) is 3.84. The third-order valence-corrected chi connectivity index (χ3v) is 3.24. The number of carboxylic acid groups (broad SMARTS) is 1. The zero-order valence-corrected chi connectivity index (χ0v) is 9.47. The highest BCUT2D eigenvalue weighted by molar-refractivity contribution is 6.05. The molecule has 18 heavy (non-hydrogen) atoms. The zero-order chi connectivity index (χ0) is 12.7. The predicted molar refractivity (Wildman–Crippen MR) is 63.8 cm³/mol. The molecule has 4 nitrogen and oxygen atoms in total.